The summed E-state index contributed by atoms with van der Waals surface area (Å²) in [6.07, 6.45) is 0. The molecule has 130 valence electrons. The molecule has 0 aliphatic carbocycles. The van der Waals surface area contributed by atoms with Gasteiger partial charge >= 0.3 is 0 Å². The first kappa shape index (κ1) is 18.6. The zero-order valence-electron chi connectivity index (χ0n) is 13.7. The molecule has 0 heterocycles. The van der Waals surface area contributed by atoms with E-state index in [1.165, 1.54) is 7.11 Å². The van der Waals surface area contributed by atoms with Gasteiger partial charge in [-0.3, -0.25) is 0 Å². The molecule has 24 heavy (non-hydrogen) atoms. The van der Waals surface area contributed by atoms with E-state index in [1.54, 1.807) is 56.5 Å². The van der Waals surface area contributed by atoms with E-state index in [-0.39, 0.29) is 5.75 Å². The fraction of sp³-hybridized carbons (Fsp3) is 0.294. The maximum Gasteiger partial charge on any atom is 0.216 e. The van der Waals surface area contributed by atoms with Crippen LogP contribution in [0.25, 0.3) is 0 Å². The second-order valence-electron chi connectivity index (χ2n) is 5.34. The Morgan fingerprint density at radius 1 is 1.04 bits per heavy atom. The van der Waals surface area contributed by atoms with Crippen molar-refractivity contribution in [3.05, 3.63) is 58.6 Å². The highest BCUT2D eigenvalue weighted by atomic mass is 35.5. The van der Waals surface area contributed by atoms with Gasteiger partial charge in [0, 0.05) is 11.1 Å². The maximum atomic E-state index is 12.3. The van der Waals surface area contributed by atoms with E-state index in [9.17, 15) is 8.42 Å². The van der Waals surface area contributed by atoms with Gasteiger partial charge in [0.2, 0.25) is 10.0 Å². The molecule has 0 saturated heterocycles. The third kappa shape index (κ3) is 4.87. The number of benzene rings is 2. The van der Waals surface area contributed by atoms with Crippen molar-refractivity contribution in [2.45, 2.75) is 18.7 Å². The van der Waals surface area contributed by atoms with Crippen molar-refractivity contribution >= 4 is 21.6 Å². The minimum absolute atomic E-state index is 0.109. The van der Waals surface area contributed by atoms with Gasteiger partial charge < -0.3 is 9.47 Å². The average Bonchev–Trinajstić information content (AvgIpc) is 2.55. The Kier molecular flexibility index (Phi) is 6.10. The molecule has 7 heteroatoms. The van der Waals surface area contributed by atoms with Crippen molar-refractivity contribution in [3.8, 4) is 11.5 Å². The predicted molar refractivity (Wildman–Crippen MR) is 95.2 cm³/mol. The van der Waals surface area contributed by atoms with Gasteiger partial charge in [-0.25, -0.2) is 13.1 Å². The second-order valence-corrected chi connectivity index (χ2v) is 7.53. The van der Waals surface area contributed by atoms with E-state index in [0.29, 0.717) is 22.1 Å². The van der Waals surface area contributed by atoms with Crippen LogP contribution in [0.1, 0.15) is 24.1 Å². The van der Waals surface area contributed by atoms with Gasteiger partial charge in [0.25, 0.3) is 0 Å². The van der Waals surface area contributed by atoms with Crippen LogP contribution in [0.15, 0.2) is 42.5 Å². The van der Waals surface area contributed by atoms with Gasteiger partial charge in [-0.15, -0.1) is 0 Å². The molecular formula is C17H20ClNO4S. The number of methoxy groups -OCH3 is 2. The minimum atomic E-state index is -3.50. The number of ether oxygens (including phenoxy) is 2. The van der Waals surface area contributed by atoms with E-state index in [0.717, 1.165) is 5.56 Å². The van der Waals surface area contributed by atoms with Crippen molar-refractivity contribution in [1.82, 2.24) is 4.72 Å². The molecule has 0 radical (unpaired) electrons. The van der Waals surface area contributed by atoms with E-state index in [2.05, 4.69) is 4.72 Å². The lowest BCUT2D eigenvalue weighted by molar-refractivity contribution is 0.354. The Bertz CT molecular complexity index is 791. The quantitative estimate of drug-likeness (QED) is 0.810. The van der Waals surface area contributed by atoms with Crippen molar-refractivity contribution in [2.24, 2.45) is 0 Å². The Hall–Kier alpha value is -1.76. The fourth-order valence-corrected chi connectivity index (χ4v) is 3.82. The summed E-state index contributed by atoms with van der Waals surface area (Å²) in [4.78, 5) is 0. The summed E-state index contributed by atoms with van der Waals surface area (Å²) in [5, 5.41) is 0.572. The average molecular weight is 370 g/mol. The molecule has 0 fully saturated rings. The molecule has 0 bridgehead atoms. The van der Waals surface area contributed by atoms with Crippen molar-refractivity contribution in [3.63, 3.8) is 0 Å². The molecule has 2 aromatic rings. The highest BCUT2D eigenvalue weighted by molar-refractivity contribution is 7.88. The van der Waals surface area contributed by atoms with Crippen LogP contribution in [-0.2, 0) is 15.8 Å². The Morgan fingerprint density at radius 3 is 2.25 bits per heavy atom. The van der Waals surface area contributed by atoms with Crippen LogP contribution >= 0.6 is 11.6 Å². The lowest BCUT2D eigenvalue weighted by atomic mass is 10.1. The molecule has 0 aliphatic rings. The number of halogens is 1. The van der Waals surface area contributed by atoms with Gasteiger partial charge in [-0.1, -0.05) is 29.8 Å². The van der Waals surface area contributed by atoms with E-state index in [1.807, 2.05) is 0 Å². The minimum Gasteiger partial charge on any atom is -0.493 e. The fourth-order valence-electron chi connectivity index (χ4n) is 2.30. The molecular weight excluding hydrogens is 350 g/mol. The Balaban J connectivity index is 2.12. The topological polar surface area (TPSA) is 64.6 Å². The second kappa shape index (κ2) is 7.88. The summed E-state index contributed by atoms with van der Waals surface area (Å²) in [5.74, 6) is 1.04. The van der Waals surface area contributed by atoms with Crippen molar-refractivity contribution in [2.75, 3.05) is 14.2 Å². The van der Waals surface area contributed by atoms with Crippen LogP contribution in [0.3, 0.4) is 0 Å². The van der Waals surface area contributed by atoms with Crippen molar-refractivity contribution in [1.29, 1.82) is 0 Å². The molecule has 0 amide bonds. The van der Waals surface area contributed by atoms with Gasteiger partial charge in [0.15, 0.2) is 11.5 Å². The summed E-state index contributed by atoms with van der Waals surface area (Å²) in [6.45, 7) is 1.78. The largest absolute Gasteiger partial charge is 0.493 e. The SMILES string of the molecule is COc1ccc([C@H](C)NS(=O)(=O)Cc2ccc(Cl)cc2)cc1OC. The van der Waals surface area contributed by atoms with Gasteiger partial charge in [0.1, 0.15) is 0 Å². The molecule has 2 aromatic carbocycles. The zero-order chi connectivity index (χ0) is 17.7. The number of hydrogen-bond donors (Lipinski definition) is 1. The smallest absolute Gasteiger partial charge is 0.216 e. The predicted octanol–water partition coefficient (Wildman–Crippen LogP) is 3.54. The van der Waals surface area contributed by atoms with Crippen LogP contribution in [0.4, 0.5) is 0 Å². The Labute approximate surface area is 147 Å². The lowest BCUT2D eigenvalue weighted by Gasteiger charge is -2.17. The summed E-state index contributed by atoms with van der Waals surface area (Å²) in [5.41, 5.74) is 1.46. The number of nitrogens with one attached hydrogen (secondary N) is 1. The molecule has 1 atom stereocenters. The van der Waals surface area contributed by atoms with Crippen LogP contribution in [0, 0.1) is 0 Å². The first-order valence-corrected chi connectivity index (χ1v) is 9.34. The Morgan fingerprint density at radius 2 is 1.67 bits per heavy atom. The third-order valence-electron chi connectivity index (χ3n) is 3.53. The summed E-state index contributed by atoms with van der Waals surface area (Å²) in [6, 6.07) is 11.6. The molecule has 0 saturated carbocycles. The monoisotopic (exact) mass is 369 g/mol. The summed E-state index contributed by atoms with van der Waals surface area (Å²) < 4.78 is 37.8. The van der Waals surface area contributed by atoms with Crippen LogP contribution in [0.2, 0.25) is 5.02 Å². The van der Waals surface area contributed by atoms with E-state index < -0.39 is 16.1 Å². The normalized spacial score (nSPS) is 12.7. The zero-order valence-corrected chi connectivity index (χ0v) is 15.3. The van der Waals surface area contributed by atoms with Crippen LogP contribution < -0.4 is 14.2 Å². The molecule has 0 unspecified atom stereocenters. The number of rotatable bonds is 7. The molecule has 0 spiro atoms. The first-order chi connectivity index (χ1) is 11.3. The van der Waals surface area contributed by atoms with Gasteiger partial charge in [-0.05, 0) is 42.3 Å². The maximum absolute atomic E-state index is 12.3. The highest BCUT2D eigenvalue weighted by Crippen LogP contribution is 2.30. The number of sulfonamides is 1. The van der Waals surface area contributed by atoms with Gasteiger partial charge in [-0.2, -0.15) is 0 Å². The number of hydrogen-bond acceptors (Lipinski definition) is 4. The molecule has 2 rings (SSSR count). The van der Waals surface area contributed by atoms with Crippen molar-refractivity contribution < 1.29 is 17.9 Å². The lowest BCUT2D eigenvalue weighted by Crippen LogP contribution is -2.28. The third-order valence-corrected chi connectivity index (χ3v) is 5.21. The molecule has 5 nitrogen and oxygen atoms in total. The summed E-state index contributed by atoms with van der Waals surface area (Å²) >= 11 is 5.81. The van der Waals surface area contributed by atoms with E-state index >= 15 is 0 Å². The first-order valence-electron chi connectivity index (χ1n) is 7.31. The standard InChI is InChI=1S/C17H20ClNO4S/c1-12(14-6-9-16(22-2)17(10-14)23-3)19-24(20,21)11-13-4-7-15(18)8-5-13/h4-10,12,19H,11H2,1-3H3/t12-/m0/s1. The highest BCUT2D eigenvalue weighted by Gasteiger charge is 2.18. The molecule has 1 N–H and O–H groups in total. The van der Waals surface area contributed by atoms with Crippen LogP contribution in [0.5, 0.6) is 11.5 Å². The van der Waals surface area contributed by atoms with Crippen LogP contribution in [-0.4, -0.2) is 22.6 Å². The summed E-state index contributed by atoms with van der Waals surface area (Å²) in [7, 11) is -0.405. The van der Waals surface area contributed by atoms with Gasteiger partial charge in [0.05, 0.1) is 20.0 Å². The molecule has 0 aromatic heterocycles. The van der Waals surface area contributed by atoms with E-state index in [4.69, 9.17) is 21.1 Å². The molecule has 0 aliphatic heterocycles.